The van der Waals surface area contributed by atoms with Gasteiger partial charge in [0.25, 0.3) is 0 Å². The van der Waals surface area contributed by atoms with Gasteiger partial charge in [-0.05, 0) is 43.7 Å². The van der Waals surface area contributed by atoms with Gasteiger partial charge in [0, 0.05) is 37.5 Å². The molecule has 0 aliphatic carbocycles. The summed E-state index contributed by atoms with van der Waals surface area (Å²) in [4.78, 5) is 19.7. The maximum Gasteiger partial charge on any atom is 0.239 e. The number of fused-ring (bicyclic) bond motifs is 1. The number of nitrogens with one attached hydrogen (secondary N) is 2. The minimum atomic E-state index is -0.00168. The second-order valence-electron chi connectivity index (χ2n) is 5.55. The lowest BCUT2D eigenvalue weighted by Gasteiger charge is -2.09. The zero-order chi connectivity index (χ0) is 16.8. The maximum absolute atomic E-state index is 12.1. The van der Waals surface area contributed by atoms with Crippen LogP contribution in [0.1, 0.15) is 13.3 Å². The molecular formula is C18H22N4O2. The van der Waals surface area contributed by atoms with Crippen LogP contribution in [0.15, 0.2) is 42.7 Å². The van der Waals surface area contributed by atoms with Crippen molar-refractivity contribution in [3.05, 3.63) is 42.7 Å². The predicted octanol–water partition coefficient (Wildman–Crippen LogP) is 2.57. The van der Waals surface area contributed by atoms with E-state index in [1.807, 2.05) is 48.0 Å². The molecule has 126 valence electrons. The summed E-state index contributed by atoms with van der Waals surface area (Å²) < 4.78 is 7.19. The predicted molar refractivity (Wildman–Crippen MR) is 93.6 cm³/mol. The standard InChI is InChI=1S/C18H22N4O2/c1-2-24-11-5-9-19-17(23)13-22-10-4-7-16(22)15-12-14-6-3-8-20-18(14)21-15/h3-4,6-8,10,12H,2,5,9,11,13H2,1H3,(H,19,23)(H,20,21). The van der Waals surface area contributed by atoms with Gasteiger partial charge in [-0.2, -0.15) is 0 Å². The van der Waals surface area contributed by atoms with E-state index in [1.54, 1.807) is 6.20 Å². The zero-order valence-corrected chi connectivity index (χ0v) is 13.8. The number of nitrogens with zero attached hydrogens (tertiary/aromatic N) is 2. The van der Waals surface area contributed by atoms with Gasteiger partial charge in [0.15, 0.2) is 0 Å². The molecule has 0 unspecified atom stereocenters. The Morgan fingerprint density at radius 2 is 2.29 bits per heavy atom. The van der Waals surface area contributed by atoms with E-state index in [2.05, 4.69) is 15.3 Å². The molecule has 6 nitrogen and oxygen atoms in total. The summed E-state index contributed by atoms with van der Waals surface area (Å²) >= 11 is 0. The van der Waals surface area contributed by atoms with Crippen molar-refractivity contribution in [2.24, 2.45) is 0 Å². The van der Waals surface area contributed by atoms with Crippen LogP contribution in [0, 0.1) is 0 Å². The van der Waals surface area contributed by atoms with Crippen LogP contribution in [-0.2, 0) is 16.1 Å². The first-order valence-electron chi connectivity index (χ1n) is 8.21. The molecule has 3 aromatic heterocycles. The van der Waals surface area contributed by atoms with E-state index in [-0.39, 0.29) is 5.91 Å². The zero-order valence-electron chi connectivity index (χ0n) is 13.8. The molecule has 2 N–H and O–H groups in total. The van der Waals surface area contributed by atoms with E-state index in [0.717, 1.165) is 28.8 Å². The van der Waals surface area contributed by atoms with Gasteiger partial charge in [-0.1, -0.05) is 0 Å². The number of hydrogen-bond donors (Lipinski definition) is 2. The average Bonchev–Trinajstić information content (AvgIpc) is 3.20. The van der Waals surface area contributed by atoms with Crippen molar-refractivity contribution in [3.8, 4) is 11.4 Å². The lowest BCUT2D eigenvalue weighted by molar-refractivity contribution is -0.121. The van der Waals surface area contributed by atoms with Gasteiger partial charge >= 0.3 is 0 Å². The molecule has 0 spiro atoms. The van der Waals surface area contributed by atoms with E-state index >= 15 is 0 Å². The molecule has 0 aliphatic rings. The van der Waals surface area contributed by atoms with Crippen LogP contribution < -0.4 is 5.32 Å². The SMILES string of the molecule is CCOCCCNC(=O)Cn1cccc1-c1cc2cccnc2[nH]1. The summed E-state index contributed by atoms with van der Waals surface area (Å²) in [6, 6.07) is 9.91. The highest BCUT2D eigenvalue weighted by molar-refractivity contribution is 5.83. The second kappa shape index (κ2) is 7.79. The third-order valence-electron chi connectivity index (χ3n) is 3.80. The van der Waals surface area contributed by atoms with Crippen LogP contribution in [0.4, 0.5) is 0 Å². The van der Waals surface area contributed by atoms with Gasteiger partial charge in [-0.15, -0.1) is 0 Å². The Balaban J connectivity index is 1.63. The number of rotatable bonds is 8. The third-order valence-corrected chi connectivity index (χ3v) is 3.80. The summed E-state index contributed by atoms with van der Waals surface area (Å²) in [6.45, 7) is 4.27. The first-order chi connectivity index (χ1) is 11.8. The van der Waals surface area contributed by atoms with Crippen molar-refractivity contribution in [3.63, 3.8) is 0 Å². The Morgan fingerprint density at radius 1 is 1.38 bits per heavy atom. The van der Waals surface area contributed by atoms with Gasteiger partial charge in [-0.25, -0.2) is 4.98 Å². The summed E-state index contributed by atoms with van der Waals surface area (Å²) in [7, 11) is 0. The van der Waals surface area contributed by atoms with Crippen LogP contribution in [0.5, 0.6) is 0 Å². The second-order valence-corrected chi connectivity index (χ2v) is 5.55. The number of hydrogen-bond acceptors (Lipinski definition) is 3. The molecule has 6 heteroatoms. The Bertz CT molecular complexity index is 773. The van der Waals surface area contributed by atoms with Crippen molar-refractivity contribution in [1.82, 2.24) is 19.9 Å². The highest BCUT2D eigenvalue weighted by Gasteiger charge is 2.10. The van der Waals surface area contributed by atoms with Crippen molar-refractivity contribution in [1.29, 1.82) is 0 Å². The summed E-state index contributed by atoms with van der Waals surface area (Å²) in [5.74, 6) is -0.00168. The minimum absolute atomic E-state index is 0.00168. The number of carbonyl (C=O) groups excluding carboxylic acids is 1. The van der Waals surface area contributed by atoms with Gasteiger partial charge < -0.3 is 19.6 Å². The highest BCUT2D eigenvalue weighted by atomic mass is 16.5. The first kappa shape index (κ1) is 16.3. The van der Waals surface area contributed by atoms with Gasteiger partial charge in [0.1, 0.15) is 12.2 Å². The molecule has 1 amide bonds. The Morgan fingerprint density at radius 3 is 3.12 bits per heavy atom. The summed E-state index contributed by atoms with van der Waals surface area (Å²) in [5.41, 5.74) is 2.77. The molecule has 24 heavy (non-hydrogen) atoms. The minimum Gasteiger partial charge on any atom is -0.382 e. The molecule has 0 aromatic carbocycles. The Labute approximate surface area is 140 Å². The fraction of sp³-hybridized carbons (Fsp3) is 0.333. The lowest BCUT2D eigenvalue weighted by atomic mass is 10.3. The van der Waals surface area contributed by atoms with Crippen molar-refractivity contribution in [2.75, 3.05) is 19.8 Å². The van der Waals surface area contributed by atoms with Crippen molar-refractivity contribution in [2.45, 2.75) is 19.9 Å². The number of amides is 1. The molecule has 0 saturated carbocycles. The quantitative estimate of drug-likeness (QED) is 0.625. The first-order valence-corrected chi connectivity index (χ1v) is 8.21. The molecule has 0 aliphatic heterocycles. The molecule has 0 radical (unpaired) electrons. The summed E-state index contributed by atoms with van der Waals surface area (Å²) in [6.07, 6.45) is 4.50. The number of ether oxygens (including phenoxy) is 1. The Kier molecular flexibility index (Phi) is 5.28. The van der Waals surface area contributed by atoms with Crippen LogP contribution in [0.2, 0.25) is 0 Å². The number of aromatic amines is 1. The van der Waals surface area contributed by atoms with E-state index in [4.69, 9.17) is 4.74 Å². The Hall–Kier alpha value is -2.60. The average molecular weight is 326 g/mol. The van der Waals surface area contributed by atoms with Gasteiger partial charge in [-0.3, -0.25) is 4.79 Å². The monoisotopic (exact) mass is 326 g/mol. The molecular weight excluding hydrogens is 304 g/mol. The molecule has 0 fully saturated rings. The van der Waals surface area contributed by atoms with Gasteiger partial charge in [0.05, 0.1) is 11.4 Å². The lowest BCUT2D eigenvalue weighted by Crippen LogP contribution is -2.29. The molecule has 0 atom stereocenters. The maximum atomic E-state index is 12.1. The number of carbonyl (C=O) groups is 1. The number of H-pyrrole nitrogens is 1. The molecule has 0 saturated heterocycles. The highest BCUT2D eigenvalue weighted by Crippen LogP contribution is 2.23. The molecule has 3 rings (SSSR count). The third kappa shape index (κ3) is 3.83. The van der Waals surface area contributed by atoms with Crippen LogP contribution in [0.3, 0.4) is 0 Å². The topological polar surface area (TPSA) is 71.9 Å². The van der Waals surface area contributed by atoms with E-state index in [0.29, 0.717) is 26.3 Å². The molecule has 0 bridgehead atoms. The summed E-state index contributed by atoms with van der Waals surface area (Å²) in [5, 5.41) is 3.98. The van der Waals surface area contributed by atoms with E-state index < -0.39 is 0 Å². The van der Waals surface area contributed by atoms with Crippen molar-refractivity contribution >= 4 is 16.9 Å². The van der Waals surface area contributed by atoms with E-state index in [1.165, 1.54) is 0 Å². The number of aromatic nitrogens is 3. The fourth-order valence-electron chi connectivity index (χ4n) is 2.65. The van der Waals surface area contributed by atoms with Crippen LogP contribution in [-0.4, -0.2) is 40.2 Å². The smallest absolute Gasteiger partial charge is 0.239 e. The van der Waals surface area contributed by atoms with Gasteiger partial charge in [0.2, 0.25) is 5.91 Å². The van der Waals surface area contributed by atoms with E-state index in [9.17, 15) is 4.79 Å². The largest absolute Gasteiger partial charge is 0.382 e. The molecule has 3 aromatic rings. The van der Waals surface area contributed by atoms with Crippen molar-refractivity contribution < 1.29 is 9.53 Å². The van der Waals surface area contributed by atoms with Crippen LogP contribution in [0.25, 0.3) is 22.4 Å². The fourth-order valence-corrected chi connectivity index (χ4v) is 2.65. The molecule has 3 heterocycles. The normalized spacial score (nSPS) is 11.0. The number of pyridine rings is 1. The van der Waals surface area contributed by atoms with Crippen LogP contribution >= 0.6 is 0 Å².